The van der Waals surface area contributed by atoms with E-state index in [-0.39, 0.29) is 36.5 Å². The molecule has 0 aliphatic heterocycles. The van der Waals surface area contributed by atoms with Crippen LogP contribution in [0.5, 0.6) is 0 Å². The summed E-state index contributed by atoms with van der Waals surface area (Å²) < 4.78 is 0. The molecule has 10 nitrogen and oxygen atoms in total. The van der Waals surface area contributed by atoms with Gasteiger partial charge in [0.25, 0.3) is 0 Å². The topological polar surface area (TPSA) is 160 Å². The molecule has 0 spiro atoms. The number of hydrogen-bond acceptors (Lipinski definition) is 7. The first-order valence-corrected chi connectivity index (χ1v) is 16.5. The van der Waals surface area contributed by atoms with Crippen molar-refractivity contribution >= 4 is 34.2 Å². The van der Waals surface area contributed by atoms with Gasteiger partial charge in [0.2, 0.25) is 17.7 Å². The molecule has 2 rings (SSSR count). The molecular weight excluding hydrogens is 572 g/mol. The van der Waals surface area contributed by atoms with E-state index < -0.39 is 48.8 Å². The zero-order valence-electron chi connectivity index (χ0n) is 27.9. The molecule has 2 aromatic carbocycles. The molecule has 45 heavy (non-hydrogen) atoms. The lowest BCUT2D eigenvalue weighted by atomic mass is 9.88. The molecule has 0 radical (unpaired) electrons. The van der Waals surface area contributed by atoms with Crippen molar-refractivity contribution in [3.8, 4) is 0 Å². The summed E-state index contributed by atoms with van der Waals surface area (Å²) >= 11 is 0. The second-order valence-corrected chi connectivity index (χ2v) is 13.1. The number of hydrogen-bond donors (Lipinski definition) is 7. The Bertz CT molecular complexity index is 1200. The van der Waals surface area contributed by atoms with Gasteiger partial charge in [0.15, 0.2) is 0 Å². The molecule has 0 saturated carbocycles. The molecule has 0 saturated heterocycles. The number of rotatable bonds is 20. The van der Waals surface area contributed by atoms with Crippen LogP contribution < -0.4 is 21.3 Å². The molecule has 3 unspecified atom stereocenters. The molecule has 7 N–H and O–H groups in total. The Morgan fingerprint density at radius 3 is 2.13 bits per heavy atom. The van der Waals surface area contributed by atoms with Crippen molar-refractivity contribution in [3.63, 3.8) is 0 Å². The number of nitrogens with one attached hydrogen (secondary N) is 4. The van der Waals surface area contributed by atoms with Gasteiger partial charge >= 0.3 is 0 Å². The number of carbonyl (C=O) groups excluding carboxylic acids is 3. The van der Waals surface area contributed by atoms with Crippen molar-refractivity contribution in [2.45, 2.75) is 110 Å². The lowest BCUT2D eigenvalue weighted by Gasteiger charge is -2.31. The second kappa shape index (κ2) is 19.3. The van der Waals surface area contributed by atoms with Crippen molar-refractivity contribution in [2.24, 2.45) is 17.8 Å². The highest BCUT2D eigenvalue weighted by molar-refractivity contribution is 5.96. The minimum absolute atomic E-state index is 0.00335. The predicted octanol–water partition coefficient (Wildman–Crippen LogP) is 3.73. The van der Waals surface area contributed by atoms with E-state index in [4.69, 9.17) is 0 Å². The monoisotopic (exact) mass is 628 g/mol. The zero-order valence-corrected chi connectivity index (χ0v) is 27.9. The number of aliphatic hydroxyl groups is 3. The van der Waals surface area contributed by atoms with Crippen LogP contribution in [0.3, 0.4) is 0 Å². The van der Waals surface area contributed by atoms with Gasteiger partial charge in [-0.25, -0.2) is 0 Å². The number of unbranched alkanes of at least 4 members (excludes halogenated alkanes) is 1. The van der Waals surface area contributed by atoms with E-state index in [1.54, 1.807) is 6.92 Å². The SMILES string of the molecule is CCCC[C@H](NC(=O)C(C)Nc1cccc2ccccc12)C(=O)N[C@@H](CC(C)C)[C@@H](O)CC(CC(O)CO)C(=O)NCC(C)C. The summed E-state index contributed by atoms with van der Waals surface area (Å²) in [5.74, 6) is -1.45. The van der Waals surface area contributed by atoms with E-state index in [1.165, 1.54) is 0 Å². The molecule has 0 bridgehead atoms. The Labute approximate surface area is 268 Å². The first-order chi connectivity index (χ1) is 21.4. The third-order valence-corrected chi connectivity index (χ3v) is 7.90. The van der Waals surface area contributed by atoms with Crippen molar-refractivity contribution in [2.75, 3.05) is 18.5 Å². The lowest BCUT2D eigenvalue weighted by Crippen LogP contribution is -2.55. The van der Waals surface area contributed by atoms with E-state index in [9.17, 15) is 29.7 Å². The lowest BCUT2D eigenvalue weighted by molar-refractivity contribution is -0.131. The first-order valence-electron chi connectivity index (χ1n) is 16.5. The fraction of sp³-hybridized carbons (Fsp3) is 0.629. The maximum atomic E-state index is 13.6. The number of carbonyl (C=O) groups is 3. The predicted molar refractivity (Wildman–Crippen MR) is 180 cm³/mol. The zero-order chi connectivity index (χ0) is 33.5. The largest absolute Gasteiger partial charge is 0.394 e. The van der Waals surface area contributed by atoms with E-state index in [1.807, 2.05) is 77.1 Å². The molecule has 0 heterocycles. The Morgan fingerprint density at radius 2 is 1.49 bits per heavy atom. The van der Waals surface area contributed by atoms with Gasteiger partial charge in [-0.3, -0.25) is 14.4 Å². The van der Waals surface area contributed by atoms with Crippen LogP contribution in [0.15, 0.2) is 42.5 Å². The van der Waals surface area contributed by atoms with Gasteiger partial charge in [-0.1, -0.05) is 83.9 Å². The Kier molecular flexibility index (Phi) is 16.3. The highest BCUT2D eigenvalue weighted by Crippen LogP contribution is 2.24. The molecule has 3 amide bonds. The van der Waals surface area contributed by atoms with E-state index in [0.717, 1.165) is 29.3 Å². The van der Waals surface area contributed by atoms with E-state index >= 15 is 0 Å². The Balaban J connectivity index is 2.17. The number of benzene rings is 2. The van der Waals surface area contributed by atoms with Crippen LogP contribution in [0.4, 0.5) is 5.69 Å². The molecule has 252 valence electrons. The highest BCUT2D eigenvalue weighted by atomic mass is 16.3. The molecule has 0 aliphatic rings. The average Bonchev–Trinajstić information content (AvgIpc) is 3.00. The van der Waals surface area contributed by atoms with Gasteiger partial charge < -0.3 is 36.6 Å². The molecule has 10 heteroatoms. The van der Waals surface area contributed by atoms with Crippen LogP contribution in [0.2, 0.25) is 0 Å². The smallest absolute Gasteiger partial charge is 0.242 e. The van der Waals surface area contributed by atoms with Gasteiger partial charge in [0.1, 0.15) is 12.1 Å². The summed E-state index contributed by atoms with van der Waals surface area (Å²) in [6.45, 7) is 11.6. The molecule has 0 fully saturated rings. The molecule has 0 aromatic heterocycles. The minimum atomic E-state index is -1.11. The maximum Gasteiger partial charge on any atom is 0.242 e. The summed E-state index contributed by atoms with van der Waals surface area (Å²) in [5, 5.41) is 44.9. The number of aliphatic hydroxyl groups excluding tert-OH is 3. The van der Waals surface area contributed by atoms with Crippen LogP contribution in [0.1, 0.15) is 80.1 Å². The van der Waals surface area contributed by atoms with Gasteiger partial charge in [0.05, 0.1) is 24.9 Å². The van der Waals surface area contributed by atoms with Gasteiger partial charge in [-0.2, -0.15) is 0 Å². The summed E-state index contributed by atoms with van der Waals surface area (Å²) in [7, 11) is 0. The highest BCUT2D eigenvalue weighted by Gasteiger charge is 2.32. The second-order valence-electron chi connectivity index (χ2n) is 13.1. The van der Waals surface area contributed by atoms with Crippen molar-refractivity contribution in [1.82, 2.24) is 16.0 Å². The maximum absolute atomic E-state index is 13.6. The fourth-order valence-electron chi connectivity index (χ4n) is 5.35. The first kappa shape index (κ1) is 38.0. The van der Waals surface area contributed by atoms with Gasteiger partial charge in [-0.15, -0.1) is 0 Å². The van der Waals surface area contributed by atoms with Crippen molar-refractivity contribution < 1.29 is 29.7 Å². The fourth-order valence-corrected chi connectivity index (χ4v) is 5.35. The Morgan fingerprint density at radius 1 is 0.800 bits per heavy atom. The number of amides is 3. The third kappa shape index (κ3) is 13.0. The molecule has 2 aromatic rings. The van der Waals surface area contributed by atoms with E-state index in [0.29, 0.717) is 19.4 Å². The van der Waals surface area contributed by atoms with Crippen LogP contribution in [-0.2, 0) is 14.4 Å². The Hall–Kier alpha value is -3.21. The van der Waals surface area contributed by atoms with Gasteiger partial charge in [0, 0.05) is 23.5 Å². The quantitative estimate of drug-likeness (QED) is 0.118. The van der Waals surface area contributed by atoms with Gasteiger partial charge in [-0.05, 0) is 55.9 Å². The molecule has 0 aliphatic carbocycles. The van der Waals surface area contributed by atoms with Crippen LogP contribution in [-0.4, -0.2) is 76.5 Å². The normalized spacial score (nSPS) is 15.6. The minimum Gasteiger partial charge on any atom is -0.394 e. The van der Waals surface area contributed by atoms with Crippen molar-refractivity contribution in [1.29, 1.82) is 0 Å². The van der Waals surface area contributed by atoms with Crippen LogP contribution >= 0.6 is 0 Å². The van der Waals surface area contributed by atoms with Crippen molar-refractivity contribution in [3.05, 3.63) is 42.5 Å². The summed E-state index contributed by atoms with van der Waals surface area (Å²) in [6.07, 6.45) is 0.216. The van der Waals surface area contributed by atoms with E-state index in [2.05, 4.69) is 21.3 Å². The number of fused-ring (bicyclic) bond motifs is 1. The number of anilines is 1. The summed E-state index contributed by atoms with van der Waals surface area (Å²) in [4.78, 5) is 39.9. The summed E-state index contributed by atoms with van der Waals surface area (Å²) in [5.41, 5.74) is 0.823. The van der Waals surface area contributed by atoms with Crippen LogP contribution in [0, 0.1) is 17.8 Å². The average molecular weight is 629 g/mol. The molecule has 6 atom stereocenters. The third-order valence-electron chi connectivity index (χ3n) is 7.90. The summed E-state index contributed by atoms with van der Waals surface area (Å²) in [6, 6.07) is 11.6. The van der Waals surface area contributed by atoms with Crippen LogP contribution in [0.25, 0.3) is 10.8 Å². The molecular formula is C35H56N4O6. The standard InChI is InChI=1S/C35H56N4O6/c1-7-8-15-30(38-33(43)24(6)37-29-16-11-13-25-12-9-10-14-28(25)29)35(45)39-31(17-22(2)3)32(42)19-26(18-27(41)21-40)34(44)36-20-23(4)5/h9-14,16,22-24,26-27,30-32,37,40-42H,7-8,15,17-21H2,1-6H3,(H,36,44)(H,38,43)(H,39,45)/t24?,26?,27?,30-,31-,32-/m0/s1.